The van der Waals surface area contributed by atoms with E-state index in [1.807, 2.05) is 26.0 Å². The zero-order valence-corrected chi connectivity index (χ0v) is 12.1. The quantitative estimate of drug-likeness (QED) is 0.867. The molecule has 0 aromatic carbocycles. The first-order valence-electron chi connectivity index (χ1n) is 6.66. The van der Waals surface area contributed by atoms with Crippen LogP contribution in [0.2, 0.25) is 0 Å². The standard InChI is InChI=1S/C17H12N4O/c1-9-12(6-11-4-3-5-22-11)15-10(2)14(8-19)17(20)21-16(15)13(9)7-18/h3-6H,1-2H3,(H2,20,21)/b12-6-. The summed E-state index contributed by atoms with van der Waals surface area (Å²) < 4.78 is 5.36. The number of nitrogens with zero attached hydrogens (tertiary/aromatic N) is 3. The molecule has 0 saturated carbocycles. The molecule has 1 aliphatic rings. The third kappa shape index (κ3) is 1.81. The number of hydrogen-bond acceptors (Lipinski definition) is 5. The van der Waals surface area contributed by atoms with E-state index in [1.54, 1.807) is 12.3 Å². The molecule has 2 aromatic rings. The fraction of sp³-hybridized carbons (Fsp3) is 0.118. The summed E-state index contributed by atoms with van der Waals surface area (Å²) in [5, 5.41) is 18.7. The van der Waals surface area contributed by atoms with Crippen molar-refractivity contribution in [2.45, 2.75) is 13.8 Å². The van der Waals surface area contributed by atoms with Gasteiger partial charge in [-0.2, -0.15) is 10.5 Å². The Morgan fingerprint density at radius 1 is 1.27 bits per heavy atom. The summed E-state index contributed by atoms with van der Waals surface area (Å²) in [5.74, 6) is 0.827. The van der Waals surface area contributed by atoms with Gasteiger partial charge >= 0.3 is 0 Å². The van der Waals surface area contributed by atoms with E-state index in [2.05, 4.69) is 17.1 Å². The molecule has 3 rings (SSSR count). The number of hydrogen-bond donors (Lipinski definition) is 1. The Morgan fingerprint density at radius 2 is 2.05 bits per heavy atom. The second-order valence-corrected chi connectivity index (χ2v) is 5.02. The molecule has 0 atom stereocenters. The molecule has 2 aromatic heterocycles. The molecule has 0 amide bonds. The van der Waals surface area contributed by atoms with Crippen LogP contribution in [0.3, 0.4) is 0 Å². The van der Waals surface area contributed by atoms with Crippen LogP contribution in [0.5, 0.6) is 0 Å². The monoisotopic (exact) mass is 288 g/mol. The van der Waals surface area contributed by atoms with Gasteiger partial charge in [-0.25, -0.2) is 4.98 Å². The third-order valence-electron chi connectivity index (χ3n) is 3.81. The van der Waals surface area contributed by atoms with Gasteiger partial charge in [0, 0.05) is 5.56 Å². The topological polar surface area (TPSA) is 99.6 Å². The van der Waals surface area contributed by atoms with Crippen LogP contribution in [0.4, 0.5) is 5.82 Å². The number of aromatic nitrogens is 1. The minimum atomic E-state index is 0.151. The molecule has 0 radical (unpaired) electrons. The molecule has 2 heterocycles. The molecule has 22 heavy (non-hydrogen) atoms. The maximum Gasteiger partial charge on any atom is 0.142 e. The molecular formula is C17H12N4O. The Bertz CT molecular complexity index is 919. The lowest BCUT2D eigenvalue weighted by molar-refractivity contribution is 0.557. The number of anilines is 1. The van der Waals surface area contributed by atoms with Gasteiger partial charge in [0.1, 0.15) is 23.7 Å². The molecule has 0 aliphatic heterocycles. The van der Waals surface area contributed by atoms with Crippen molar-refractivity contribution >= 4 is 23.0 Å². The predicted octanol–water partition coefficient (Wildman–Crippen LogP) is 3.29. The molecule has 2 N–H and O–H groups in total. The number of furan rings is 1. The zero-order chi connectivity index (χ0) is 15.9. The lowest BCUT2D eigenvalue weighted by atomic mass is 9.96. The van der Waals surface area contributed by atoms with Crippen LogP contribution in [0.15, 0.2) is 28.4 Å². The molecule has 1 aliphatic carbocycles. The summed E-state index contributed by atoms with van der Waals surface area (Å²) in [7, 11) is 0. The van der Waals surface area contributed by atoms with Crippen LogP contribution in [-0.2, 0) is 0 Å². The van der Waals surface area contributed by atoms with Crippen molar-refractivity contribution in [2.24, 2.45) is 0 Å². The normalized spacial score (nSPS) is 14.8. The molecule has 0 spiro atoms. The number of allylic oxidation sites excluding steroid dienone is 3. The van der Waals surface area contributed by atoms with Crippen molar-refractivity contribution in [2.75, 3.05) is 5.73 Å². The van der Waals surface area contributed by atoms with Crippen LogP contribution in [-0.4, -0.2) is 4.98 Å². The van der Waals surface area contributed by atoms with Gasteiger partial charge in [0.05, 0.1) is 23.1 Å². The Hall–Kier alpha value is -3.31. The molecule has 0 unspecified atom stereocenters. The number of fused-ring (bicyclic) bond motifs is 1. The fourth-order valence-corrected chi connectivity index (χ4v) is 2.71. The summed E-state index contributed by atoms with van der Waals surface area (Å²) >= 11 is 0. The summed E-state index contributed by atoms with van der Waals surface area (Å²) in [6.45, 7) is 3.68. The number of nitrogen functional groups attached to an aromatic ring is 1. The minimum absolute atomic E-state index is 0.151. The number of nitrogens with two attached hydrogens (primary N) is 1. The van der Waals surface area contributed by atoms with E-state index in [-0.39, 0.29) is 5.82 Å². The van der Waals surface area contributed by atoms with Gasteiger partial charge in [-0.1, -0.05) is 0 Å². The highest BCUT2D eigenvalue weighted by Crippen LogP contribution is 2.44. The first-order valence-corrected chi connectivity index (χ1v) is 6.66. The highest BCUT2D eigenvalue weighted by molar-refractivity contribution is 6.08. The van der Waals surface area contributed by atoms with E-state index < -0.39 is 0 Å². The molecule has 0 bridgehead atoms. The summed E-state index contributed by atoms with van der Waals surface area (Å²) in [6, 6.07) is 7.88. The number of rotatable bonds is 1. The zero-order valence-electron chi connectivity index (χ0n) is 12.1. The average Bonchev–Trinajstić information content (AvgIpc) is 3.07. The first-order chi connectivity index (χ1) is 10.6. The highest BCUT2D eigenvalue weighted by atomic mass is 16.3. The van der Waals surface area contributed by atoms with Crippen molar-refractivity contribution in [1.82, 2.24) is 4.98 Å². The molecule has 5 nitrogen and oxygen atoms in total. The summed E-state index contributed by atoms with van der Waals surface area (Å²) in [5.41, 5.74) is 10.3. The Labute approximate surface area is 127 Å². The van der Waals surface area contributed by atoms with E-state index >= 15 is 0 Å². The maximum atomic E-state index is 9.43. The van der Waals surface area contributed by atoms with Crippen molar-refractivity contribution in [3.8, 4) is 12.1 Å². The Balaban J connectivity index is 2.36. The Kier molecular flexibility index (Phi) is 3.05. The van der Waals surface area contributed by atoms with E-state index in [1.165, 1.54) is 0 Å². The third-order valence-corrected chi connectivity index (χ3v) is 3.81. The van der Waals surface area contributed by atoms with Crippen LogP contribution < -0.4 is 5.73 Å². The van der Waals surface area contributed by atoms with Gasteiger partial charge in [0.2, 0.25) is 0 Å². The summed E-state index contributed by atoms with van der Waals surface area (Å²) in [6.07, 6.45) is 3.44. The lowest BCUT2D eigenvalue weighted by Gasteiger charge is -2.10. The number of pyridine rings is 1. The largest absolute Gasteiger partial charge is 0.465 e. The number of nitriles is 2. The van der Waals surface area contributed by atoms with Gasteiger partial charge in [-0.05, 0) is 48.8 Å². The van der Waals surface area contributed by atoms with Crippen molar-refractivity contribution in [1.29, 1.82) is 10.5 Å². The van der Waals surface area contributed by atoms with Crippen LogP contribution in [0.1, 0.15) is 35.1 Å². The van der Waals surface area contributed by atoms with Crippen LogP contribution in [0, 0.1) is 29.6 Å². The molecule has 0 fully saturated rings. The molecular weight excluding hydrogens is 276 g/mol. The van der Waals surface area contributed by atoms with Crippen molar-refractivity contribution in [3.63, 3.8) is 0 Å². The van der Waals surface area contributed by atoms with E-state index in [0.29, 0.717) is 22.6 Å². The maximum absolute atomic E-state index is 9.43. The fourth-order valence-electron chi connectivity index (χ4n) is 2.71. The van der Waals surface area contributed by atoms with E-state index in [9.17, 15) is 10.5 Å². The lowest BCUT2D eigenvalue weighted by Crippen LogP contribution is -2.03. The predicted molar refractivity (Wildman–Crippen MR) is 82.9 cm³/mol. The smallest absolute Gasteiger partial charge is 0.142 e. The van der Waals surface area contributed by atoms with E-state index in [4.69, 9.17) is 10.2 Å². The van der Waals surface area contributed by atoms with Gasteiger partial charge in [-0.3, -0.25) is 0 Å². The molecule has 5 heteroatoms. The minimum Gasteiger partial charge on any atom is -0.465 e. The summed E-state index contributed by atoms with van der Waals surface area (Å²) in [4.78, 5) is 4.27. The second kappa shape index (κ2) is 4.91. The average molecular weight is 288 g/mol. The van der Waals surface area contributed by atoms with Crippen molar-refractivity contribution < 1.29 is 4.42 Å². The SMILES string of the molecule is CC1=C(C#N)c2nc(N)c(C#N)c(C)c2/C1=C\c1ccco1. The van der Waals surface area contributed by atoms with Gasteiger partial charge < -0.3 is 10.2 Å². The van der Waals surface area contributed by atoms with Gasteiger partial charge in [-0.15, -0.1) is 0 Å². The van der Waals surface area contributed by atoms with Gasteiger partial charge in [0.25, 0.3) is 0 Å². The molecule has 106 valence electrons. The Morgan fingerprint density at radius 3 is 2.64 bits per heavy atom. The van der Waals surface area contributed by atoms with E-state index in [0.717, 1.165) is 22.3 Å². The van der Waals surface area contributed by atoms with Gasteiger partial charge in [0.15, 0.2) is 0 Å². The van der Waals surface area contributed by atoms with Crippen molar-refractivity contribution in [3.05, 3.63) is 52.1 Å². The van der Waals surface area contributed by atoms with Crippen LogP contribution in [0.25, 0.3) is 17.2 Å². The molecule has 0 saturated heterocycles. The first kappa shape index (κ1) is 13.7. The van der Waals surface area contributed by atoms with Crippen LogP contribution >= 0.6 is 0 Å². The second-order valence-electron chi connectivity index (χ2n) is 5.02. The highest BCUT2D eigenvalue weighted by Gasteiger charge is 2.29.